The van der Waals surface area contributed by atoms with Crippen molar-refractivity contribution in [1.82, 2.24) is 0 Å². The summed E-state index contributed by atoms with van der Waals surface area (Å²) in [7, 11) is 0. The minimum absolute atomic E-state index is 0.441. The summed E-state index contributed by atoms with van der Waals surface area (Å²) in [6.45, 7) is -4.11. The number of benzene rings is 6. The second-order valence-corrected chi connectivity index (χ2v) is 21.4. The molecule has 6 heteroatoms. The van der Waals surface area contributed by atoms with Gasteiger partial charge in [-0.15, -0.1) is 0 Å². The normalized spacial score (nSPS) is 13.2. The maximum absolute atomic E-state index is 14.8. The molecule has 6 rings (SSSR count). The molecule has 0 unspecified atom stereocenters. The Morgan fingerprint density at radius 1 is 0.354 bits per heavy atom. The van der Waals surface area contributed by atoms with Crippen molar-refractivity contribution in [3.8, 4) is 0 Å². The van der Waals surface area contributed by atoms with Crippen LogP contribution in [0.2, 0.25) is 0 Å². The van der Waals surface area contributed by atoms with E-state index in [1.54, 1.807) is 0 Å². The first-order chi connectivity index (χ1) is 23.4. The number of rotatable bonds is 10. The molecule has 0 atom stereocenters. The molecule has 0 aromatic heterocycles. The van der Waals surface area contributed by atoms with Gasteiger partial charge in [0.1, 0.15) is 0 Å². The van der Waals surface area contributed by atoms with Gasteiger partial charge in [-0.25, -0.2) is 0 Å². The fourth-order valence-electron chi connectivity index (χ4n) is 7.34. The molecule has 6 aromatic carbocycles. The summed E-state index contributed by atoms with van der Waals surface area (Å²) >= 11 is 0. The monoisotopic (exact) mass is 670 g/mol. The summed E-state index contributed by atoms with van der Waals surface area (Å²) < 4.78 is 14.0. The number of carbonyl (C=O) groups excluding carboxylic acids is 2. The Morgan fingerprint density at radius 2 is 0.521 bits per heavy atom. The van der Waals surface area contributed by atoms with Gasteiger partial charge in [0.15, 0.2) is 0 Å². The zero-order valence-electron chi connectivity index (χ0n) is 27.3. The van der Waals surface area contributed by atoms with Crippen molar-refractivity contribution in [2.75, 3.05) is 12.3 Å². The van der Waals surface area contributed by atoms with E-state index in [-0.39, 0.29) is 0 Å². The summed E-state index contributed by atoms with van der Waals surface area (Å²) in [5.74, 6) is -2.03. The molecule has 0 bridgehead atoms. The average Bonchev–Trinajstić information content (AvgIpc) is 3.18. The molecule has 0 fully saturated rings. The second kappa shape index (κ2) is 13.3. The summed E-state index contributed by atoms with van der Waals surface area (Å²) in [4.78, 5) is 29.7. The zero-order valence-corrected chi connectivity index (χ0v) is 29.1. The van der Waals surface area contributed by atoms with E-state index in [1.807, 2.05) is 196 Å². The molecule has 48 heavy (non-hydrogen) atoms. The first-order valence-electron chi connectivity index (χ1n) is 16.3. The molecule has 0 saturated carbocycles. The Kier molecular flexibility index (Phi) is 9.17. The molecule has 0 spiro atoms. The molecule has 0 aliphatic rings. The standard InChI is InChI=1S/C42H40O4P2/c1-3-47(35-23-11-5-12-24-35,36-25-13-6-14-26-36,37-27-15-7-16-28-37)45-41(43)42(44)46-48(4-2,38-29-17-8-18-30-38,39-31-19-9-20-32-39)40-33-21-10-22-34-40/h5-34H,3-4H2,1-2H3. The Balaban J connectivity index is 1.60. The van der Waals surface area contributed by atoms with Crippen molar-refractivity contribution in [1.29, 1.82) is 0 Å². The van der Waals surface area contributed by atoms with Crippen molar-refractivity contribution < 1.29 is 18.6 Å². The average molecular weight is 671 g/mol. The van der Waals surface area contributed by atoms with Gasteiger partial charge in [0.2, 0.25) is 0 Å². The van der Waals surface area contributed by atoms with E-state index in [0.717, 1.165) is 31.8 Å². The van der Waals surface area contributed by atoms with E-state index in [2.05, 4.69) is 0 Å². The van der Waals surface area contributed by atoms with E-state index < -0.39 is 25.6 Å². The fourth-order valence-corrected chi connectivity index (χ4v) is 17.9. The van der Waals surface area contributed by atoms with Crippen molar-refractivity contribution >= 4 is 57.4 Å². The Labute approximate surface area is 283 Å². The first kappa shape index (κ1) is 33.0. The first-order valence-corrected chi connectivity index (χ1v) is 21.0. The van der Waals surface area contributed by atoms with E-state index in [1.165, 1.54) is 0 Å². The van der Waals surface area contributed by atoms with Gasteiger partial charge in [0.05, 0.1) is 0 Å². The molecule has 242 valence electrons. The Hall–Kier alpha value is -4.88. The molecular formula is C42H40O4P2. The van der Waals surface area contributed by atoms with Crippen LogP contribution in [-0.2, 0) is 18.6 Å². The summed E-state index contributed by atoms with van der Waals surface area (Å²) in [5, 5.41) is 5.12. The molecule has 0 aliphatic carbocycles. The molecule has 0 radical (unpaired) electrons. The molecule has 0 amide bonds. The number of hydrogen-bond donors (Lipinski definition) is 0. The summed E-state index contributed by atoms with van der Waals surface area (Å²) in [6, 6.07) is 59.2. The SMILES string of the molecule is CCP(OC(=O)C(=O)OP(CC)(c1ccccc1)(c1ccccc1)c1ccccc1)(c1ccccc1)(c1ccccc1)c1ccccc1. The third-order valence-electron chi connectivity index (χ3n) is 9.76. The second-order valence-electron chi connectivity index (χ2n) is 11.8. The molecule has 0 heterocycles. The number of hydrogen-bond acceptors (Lipinski definition) is 4. The predicted octanol–water partition coefficient (Wildman–Crippen LogP) is 7.00. The Morgan fingerprint density at radius 3 is 0.667 bits per heavy atom. The van der Waals surface area contributed by atoms with E-state index in [0.29, 0.717) is 12.3 Å². The van der Waals surface area contributed by atoms with Crippen molar-refractivity contribution in [3.63, 3.8) is 0 Å². The van der Waals surface area contributed by atoms with Crippen LogP contribution in [0.3, 0.4) is 0 Å². The van der Waals surface area contributed by atoms with Crippen LogP contribution in [0.1, 0.15) is 13.8 Å². The minimum atomic E-state index is -4.09. The van der Waals surface area contributed by atoms with Crippen molar-refractivity contribution in [3.05, 3.63) is 182 Å². The van der Waals surface area contributed by atoms with Gasteiger partial charge in [-0.2, -0.15) is 0 Å². The van der Waals surface area contributed by atoms with Gasteiger partial charge in [-0.3, -0.25) is 0 Å². The summed E-state index contributed by atoms with van der Waals surface area (Å²) in [6.07, 6.45) is 0.881. The van der Waals surface area contributed by atoms with Crippen LogP contribution in [-0.4, -0.2) is 24.3 Å². The van der Waals surface area contributed by atoms with Crippen LogP contribution < -0.4 is 31.8 Å². The third kappa shape index (κ3) is 4.99. The maximum atomic E-state index is 14.8. The van der Waals surface area contributed by atoms with Crippen LogP contribution in [0.15, 0.2) is 182 Å². The summed E-state index contributed by atoms with van der Waals surface area (Å²) in [5.41, 5.74) is 0. The third-order valence-corrected chi connectivity index (χ3v) is 21.7. The molecular weight excluding hydrogens is 630 g/mol. The molecule has 0 N–H and O–H groups in total. The van der Waals surface area contributed by atoms with Crippen LogP contribution >= 0.6 is 13.7 Å². The van der Waals surface area contributed by atoms with Gasteiger partial charge in [-0.05, 0) is 0 Å². The quantitative estimate of drug-likeness (QED) is 0.116. The molecule has 6 aromatic rings. The van der Waals surface area contributed by atoms with Gasteiger partial charge < -0.3 is 0 Å². The van der Waals surface area contributed by atoms with E-state index in [4.69, 9.17) is 9.05 Å². The molecule has 0 aliphatic heterocycles. The van der Waals surface area contributed by atoms with Gasteiger partial charge in [-0.1, -0.05) is 0 Å². The van der Waals surface area contributed by atoms with Crippen molar-refractivity contribution in [2.45, 2.75) is 13.8 Å². The van der Waals surface area contributed by atoms with Crippen LogP contribution in [0, 0.1) is 0 Å². The molecule has 4 nitrogen and oxygen atoms in total. The van der Waals surface area contributed by atoms with Crippen LogP contribution in [0.4, 0.5) is 0 Å². The predicted molar refractivity (Wildman–Crippen MR) is 204 cm³/mol. The fraction of sp³-hybridized carbons (Fsp3) is 0.0952. The van der Waals surface area contributed by atoms with Gasteiger partial charge in [0.25, 0.3) is 0 Å². The van der Waals surface area contributed by atoms with Crippen LogP contribution in [0.5, 0.6) is 0 Å². The molecule has 0 saturated heterocycles. The Bertz CT molecular complexity index is 1640. The van der Waals surface area contributed by atoms with Crippen LogP contribution in [0.25, 0.3) is 0 Å². The van der Waals surface area contributed by atoms with Gasteiger partial charge >= 0.3 is 284 Å². The van der Waals surface area contributed by atoms with Gasteiger partial charge in [0, 0.05) is 0 Å². The van der Waals surface area contributed by atoms with Crippen molar-refractivity contribution in [2.24, 2.45) is 0 Å². The zero-order chi connectivity index (χ0) is 33.6. The topological polar surface area (TPSA) is 52.6 Å². The van der Waals surface area contributed by atoms with E-state index >= 15 is 0 Å². The van der Waals surface area contributed by atoms with E-state index in [9.17, 15) is 9.59 Å². The number of carbonyl (C=O) groups is 2.